The van der Waals surface area contributed by atoms with Crippen LogP contribution >= 0.6 is 0 Å². The highest BCUT2D eigenvalue weighted by atomic mass is 16.6. The number of ether oxygens (including phenoxy) is 1. The van der Waals surface area contributed by atoms with Gasteiger partial charge in [-0.15, -0.1) is 0 Å². The molecule has 2 N–H and O–H groups in total. The van der Waals surface area contributed by atoms with Crippen LogP contribution in [0.25, 0.3) is 0 Å². The Morgan fingerprint density at radius 3 is 1.92 bits per heavy atom. The largest absolute Gasteiger partial charge is 0.444 e. The Hall–Kier alpha value is -3.35. The molecule has 7 nitrogen and oxygen atoms in total. The number of amides is 3. The van der Waals surface area contributed by atoms with E-state index in [1.165, 1.54) is 0 Å². The van der Waals surface area contributed by atoms with Crippen LogP contribution in [0.1, 0.15) is 87.7 Å². The van der Waals surface area contributed by atoms with Gasteiger partial charge in [0.1, 0.15) is 17.7 Å². The molecule has 0 bridgehead atoms. The van der Waals surface area contributed by atoms with Crippen LogP contribution in [0.5, 0.6) is 0 Å². The number of nitrogens with zero attached hydrogens (tertiary/aromatic N) is 1. The minimum absolute atomic E-state index is 0.0859. The Morgan fingerprint density at radius 1 is 0.949 bits per heavy atom. The molecule has 7 heteroatoms. The number of nitrogens with one attached hydrogen (secondary N) is 2. The van der Waals surface area contributed by atoms with E-state index in [2.05, 4.69) is 10.6 Å². The lowest BCUT2D eigenvalue weighted by atomic mass is 9.91. The fourth-order valence-electron chi connectivity index (χ4n) is 5.01. The van der Waals surface area contributed by atoms with Gasteiger partial charge in [-0.3, -0.25) is 9.59 Å². The van der Waals surface area contributed by atoms with Gasteiger partial charge in [0.05, 0.1) is 0 Å². The summed E-state index contributed by atoms with van der Waals surface area (Å²) in [6.45, 7) is 17.2. The van der Waals surface area contributed by atoms with E-state index in [0.717, 1.165) is 46.3 Å². The van der Waals surface area contributed by atoms with Crippen LogP contribution in [0, 0.1) is 33.6 Å². The predicted molar refractivity (Wildman–Crippen MR) is 156 cm³/mol. The average Bonchev–Trinajstić information content (AvgIpc) is 3.67. The minimum atomic E-state index is -0.850. The molecular formula is C32H45N3O4. The van der Waals surface area contributed by atoms with Crippen molar-refractivity contribution >= 4 is 23.6 Å². The maximum absolute atomic E-state index is 14.4. The van der Waals surface area contributed by atoms with Crippen molar-refractivity contribution in [3.05, 3.63) is 64.2 Å². The van der Waals surface area contributed by atoms with Crippen molar-refractivity contribution in [3.63, 3.8) is 0 Å². The Bertz CT molecular complexity index is 1170. The molecule has 2 aromatic rings. The molecule has 212 valence electrons. The van der Waals surface area contributed by atoms with Crippen LogP contribution in [0.4, 0.5) is 10.5 Å². The SMILES string of the molecule is CCC(C)C(NC(=O)OC(C)(C)C)C(=O)N(C1CC1)C(C(=O)Nc1c(C)cccc1C)c1c(C)cccc1C. The van der Waals surface area contributed by atoms with Crippen LogP contribution in [-0.4, -0.2) is 40.5 Å². The minimum Gasteiger partial charge on any atom is -0.444 e. The molecule has 3 amide bonds. The molecule has 0 radical (unpaired) electrons. The number of carbonyl (C=O) groups excluding carboxylic acids is 3. The van der Waals surface area contributed by atoms with E-state index in [0.29, 0.717) is 6.42 Å². The van der Waals surface area contributed by atoms with Gasteiger partial charge in [-0.2, -0.15) is 0 Å². The van der Waals surface area contributed by atoms with Gasteiger partial charge in [-0.05, 0) is 95.0 Å². The molecule has 1 aliphatic rings. The third-order valence-corrected chi connectivity index (χ3v) is 7.42. The molecule has 3 unspecified atom stereocenters. The summed E-state index contributed by atoms with van der Waals surface area (Å²) in [7, 11) is 0. The summed E-state index contributed by atoms with van der Waals surface area (Å²) < 4.78 is 5.50. The molecule has 2 aromatic carbocycles. The normalized spacial score (nSPS) is 15.6. The van der Waals surface area contributed by atoms with Crippen LogP contribution in [0.15, 0.2) is 36.4 Å². The lowest BCUT2D eigenvalue weighted by Gasteiger charge is -2.37. The van der Waals surface area contributed by atoms with Gasteiger partial charge in [0.2, 0.25) is 5.91 Å². The second kappa shape index (κ2) is 12.2. The quantitative estimate of drug-likeness (QED) is 0.382. The van der Waals surface area contributed by atoms with Crippen molar-refractivity contribution in [1.29, 1.82) is 0 Å². The van der Waals surface area contributed by atoms with E-state index < -0.39 is 23.8 Å². The second-order valence-corrected chi connectivity index (χ2v) is 12.0. The molecule has 1 fully saturated rings. The Kier molecular flexibility index (Phi) is 9.47. The van der Waals surface area contributed by atoms with Gasteiger partial charge >= 0.3 is 6.09 Å². The van der Waals surface area contributed by atoms with Crippen LogP contribution in [0.3, 0.4) is 0 Å². The predicted octanol–water partition coefficient (Wildman–Crippen LogP) is 6.53. The van der Waals surface area contributed by atoms with E-state index in [1.807, 2.05) is 77.9 Å². The molecule has 0 spiro atoms. The monoisotopic (exact) mass is 535 g/mol. The number of rotatable bonds is 9. The molecule has 0 heterocycles. The fraction of sp³-hybridized carbons (Fsp3) is 0.531. The summed E-state index contributed by atoms with van der Waals surface area (Å²) in [4.78, 5) is 43.2. The summed E-state index contributed by atoms with van der Waals surface area (Å²) in [5.41, 5.74) is 4.67. The number of benzene rings is 2. The van der Waals surface area contributed by atoms with Crippen molar-refractivity contribution in [3.8, 4) is 0 Å². The highest BCUT2D eigenvalue weighted by molar-refractivity contribution is 6.00. The summed E-state index contributed by atoms with van der Waals surface area (Å²) >= 11 is 0. The number of para-hydroxylation sites is 1. The summed E-state index contributed by atoms with van der Waals surface area (Å²) in [6.07, 6.45) is 1.65. The number of aryl methyl sites for hydroxylation is 4. The standard InChI is InChI=1S/C32H45N3O4/c1-10-19(2)27(34-31(38)39-32(7,8)9)30(37)35(24-17-18-24)28(25-20(3)13-11-14-21(25)4)29(36)33-26-22(5)15-12-16-23(26)6/h11-16,19,24,27-28H,10,17-18H2,1-9H3,(H,33,36)(H,34,38). The van der Waals surface area contributed by atoms with E-state index in [-0.39, 0.29) is 23.8 Å². The van der Waals surface area contributed by atoms with E-state index in [1.54, 1.807) is 25.7 Å². The molecule has 0 aromatic heterocycles. The smallest absolute Gasteiger partial charge is 0.408 e. The maximum Gasteiger partial charge on any atom is 0.408 e. The zero-order valence-electron chi connectivity index (χ0n) is 25.0. The van der Waals surface area contributed by atoms with Crippen molar-refractivity contribution in [2.24, 2.45) is 5.92 Å². The van der Waals surface area contributed by atoms with E-state index in [4.69, 9.17) is 4.74 Å². The first kappa shape index (κ1) is 30.2. The molecule has 1 aliphatic carbocycles. The van der Waals surface area contributed by atoms with Crippen molar-refractivity contribution < 1.29 is 19.1 Å². The fourth-order valence-corrected chi connectivity index (χ4v) is 5.01. The van der Waals surface area contributed by atoms with Gasteiger partial charge in [0.25, 0.3) is 5.91 Å². The Labute approximate surface area is 233 Å². The number of carbonyl (C=O) groups is 3. The number of hydrogen-bond donors (Lipinski definition) is 2. The molecule has 0 saturated heterocycles. The number of alkyl carbamates (subject to hydrolysis) is 1. The van der Waals surface area contributed by atoms with Gasteiger partial charge in [0.15, 0.2) is 0 Å². The summed E-state index contributed by atoms with van der Waals surface area (Å²) in [6, 6.07) is 10.0. The zero-order valence-corrected chi connectivity index (χ0v) is 25.0. The first-order chi connectivity index (χ1) is 18.2. The van der Waals surface area contributed by atoms with E-state index in [9.17, 15) is 14.4 Å². The van der Waals surface area contributed by atoms with Crippen LogP contribution in [0.2, 0.25) is 0 Å². The highest BCUT2D eigenvalue weighted by Gasteiger charge is 2.46. The average molecular weight is 536 g/mol. The van der Waals surface area contributed by atoms with Gasteiger partial charge in [-0.25, -0.2) is 4.79 Å². The molecule has 39 heavy (non-hydrogen) atoms. The first-order valence-corrected chi connectivity index (χ1v) is 14.0. The summed E-state index contributed by atoms with van der Waals surface area (Å²) in [5, 5.41) is 6.00. The molecule has 3 atom stereocenters. The third-order valence-electron chi connectivity index (χ3n) is 7.42. The number of anilines is 1. The van der Waals surface area contributed by atoms with Gasteiger partial charge in [-0.1, -0.05) is 56.7 Å². The molecule has 0 aliphatic heterocycles. The highest BCUT2D eigenvalue weighted by Crippen LogP contribution is 2.39. The first-order valence-electron chi connectivity index (χ1n) is 14.0. The van der Waals surface area contributed by atoms with Crippen molar-refractivity contribution in [1.82, 2.24) is 10.2 Å². The number of hydrogen-bond acceptors (Lipinski definition) is 4. The third kappa shape index (κ3) is 7.40. The Balaban J connectivity index is 2.09. The zero-order chi connectivity index (χ0) is 29.1. The molecular weight excluding hydrogens is 490 g/mol. The van der Waals surface area contributed by atoms with Gasteiger partial charge in [0, 0.05) is 11.7 Å². The lowest BCUT2D eigenvalue weighted by Crippen LogP contribution is -2.55. The van der Waals surface area contributed by atoms with Crippen molar-refractivity contribution in [2.45, 2.75) is 105 Å². The topological polar surface area (TPSA) is 87.7 Å². The second-order valence-electron chi connectivity index (χ2n) is 12.0. The van der Waals surface area contributed by atoms with E-state index >= 15 is 0 Å². The van der Waals surface area contributed by atoms with Crippen LogP contribution < -0.4 is 10.6 Å². The molecule has 1 saturated carbocycles. The maximum atomic E-state index is 14.4. The van der Waals surface area contributed by atoms with Crippen LogP contribution in [-0.2, 0) is 14.3 Å². The Morgan fingerprint density at radius 2 is 1.46 bits per heavy atom. The van der Waals surface area contributed by atoms with Gasteiger partial charge < -0.3 is 20.3 Å². The lowest BCUT2D eigenvalue weighted by molar-refractivity contribution is -0.142. The van der Waals surface area contributed by atoms with Crippen molar-refractivity contribution in [2.75, 3.05) is 5.32 Å². The summed E-state index contributed by atoms with van der Waals surface area (Å²) in [5.74, 6) is -0.682. The molecule has 3 rings (SSSR count).